The summed E-state index contributed by atoms with van der Waals surface area (Å²) in [7, 11) is 0. The molecule has 0 aliphatic rings. The molecule has 0 bridgehead atoms. The van der Waals surface area contributed by atoms with Gasteiger partial charge in [-0.05, 0) is 29.8 Å². The second kappa shape index (κ2) is 6.29. The maximum absolute atomic E-state index is 10.3. The van der Waals surface area contributed by atoms with E-state index in [1.807, 2.05) is 42.5 Å². The van der Waals surface area contributed by atoms with Crippen LogP contribution in [0.1, 0.15) is 18.0 Å². The Morgan fingerprint density at radius 2 is 1.74 bits per heavy atom. The molecule has 0 aromatic heterocycles. The minimum absolute atomic E-state index is 0.287. The van der Waals surface area contributed by atoms with Gasteiger partial charge in [0.1, 0.15) is 0 Å². The molecule has 0 heterocycles. The van der Waals surface area contributed by atoms with Gasteiger partial charge in [-0.3, -0.25) is 5.21 Å². The molecule has 1 N–H and O–H groups in total. The van der Waals surface area contributed by atoms with Gasteiger partial charge in [0.25, 0.3) is 0 Å². The number of nitrogens with zero attached hydrogens (tertiary/aromatic N) is 1. The highest BCUT2D eigenvalue weighted by Gasteiger charge is 2.18. The quantitative estimate of drug-likeness (QED) is 0.662. The molecule has 0 spiro atoms. The molecule has 1 unspecified atom stereocenters. The van der Waals surface area contributed by atoms with Crippen molar-refractivity contribution in [3.05, 3.63) is 65.2 Å². The zero-order chi connectivity index (χ0) is 13.7. The van der Waals surface area contributed by atoms with E-state index in [4.69, 9.17) is 18.0 Å². The Bertz CT molecular complexity index is 560. The first-order chi connectivity index (χ1) is 9.22. The van der Waals surface area contributed by atoms with Crippen LogP contribution in [0.25, 0.3) is 0 Å². The summed E-state index contributed by atoms with van der Waals surface area (Å²) in [5, 5.41) is 12.2. The second-order valence-electron chi connectivity index (χ2n) is 4.16. The van der Waals surface area contributed by atoms with Gasteiger partial charge >= 0.3 is 0 Å². The van der Waals surface area contributed by atoms with E-state index in [9.17, 15) is 5.21 Å². The average molecular weight is 272 g/mol. The van der Waals surface area contributed by atoms with E-state index in [1.165, 1.54) is 5.06 Å². The molecule has 19 heavy (non-hydrogen) atoms. The Balaban J connectivity index is 2.30. The number of para-hydroxylation sites is 1. The number of hydrogen-bond acceptors (Lipinski definition) is 2. The van der Waals surface area contributed by atoms with Crippen LogP contribution in [0.5, 0.6) is 0 Å². The van der Waals surface area contributed by atoms with Gasteiger partial charge in [-0.1, -0.05) is 41.9 Å². The first-order valence-electron chi connectivity index (χ1n) is 5.94. The van der Waals surface area contributed by atoms with Crippen LogP contribution in [0, 0.1) is 12.3 Å². The number of hydroxylamine groups is 1. The lowest BCUT2D eigenvalue weighted by molar-refractivity contribution is 0.217. The van der Waals surface area contributed by atoms with E-state index in [2.05, 4.69) is 5.92 Å². The summed E-state index contributed by atoms with van der Waals surface area (Å²) < 4.78 is 0. The Labute approximate surface area is 118 Å². The van der Waals surface area contributed by atoms with Gasteiger partial charge in [0, 0.05) is 11.4 Å². The van der Waals surface area contributed by atoms with Crippen LogP contribution in [0.4, 0.5) is 5.69 Å². The fraction of sp³-hybridized carbons (Fsp3) is 0.125. The molecule has 2 nitrogen and oxygen atoms in total. The van der Waals surface area contributed by atoms with Crippen molar-refractivity contribution < 1.29 is 5.21 Å². The summed E-state index contributed by atoms with van der Waals surface area (Å²) in [4.78, 5) is 0. The number of hydrogen-bond donors (Lipinski definition) is 1. The van der Waals surface area contributed by atoms with E-state index in [0.29, 0.717) is 17.1 Å². The smallest absolute Gasteiger partial charge is 0.0921 e. The maximum atomic E-state index is 10.3. The largest absolute Gasteiger partial charge is 0.288 e. The molecule has 0 amide bonds. The standard InChI is InChI=1S/C16H14ClNO/c1-2-6-16(13-9-11-14(17)12-10-13)18(19)15-7-4-3-5-8-15/h1,3-5,7-12,16,19H,6H2. The minimum atomic E-state index is -0.287. The first kappa shape index (κ1) is 13.5. The van der Waals surface area contributed by atoms with Crippen LogP contribution in [-0.2, 0) is 0 Å². The monoisotopic (exact) mass is 271 g/mol. The lowest BCUT2D eigenvalue weighted by atomic mass is 10.0. The molecule has 2 aromatic carbocycles. The normalized spacial score (nSPS) is 11.6. The molecule has 0 saturated heterocycles. The van der Waals surface area contributed by atoms with Crippen LogP contribution >= 0.6 is 11.6 Å². The van der Waals surface area contributed by atoms with Gasteiger partial charge in [0.2, 0.25) is 0 Å². The van der Waals surface area contributed by atoms with Crippen molar-refractivity contribution in [2.75, 3.05) is 5.06 Å². The van der Waals surface area contributed by atoms with Gasteiger partial charge < -0.3 is 0 Å². The van der Waals surface area contributed by atoms with Gasteiger partial charge in [0.05, 0.1) is 11.7 Å². The summed E-state index contributed by atoms with van der Waals surface area (Å²) >= 11 is 5.87. The highest BCUT2D eigenvalue weighted by atomic mass is 35.5. The summed E-state index contributed by atoms with van der Waals surface area (Å²) in [5.41, 5.74) is 1.63. The van der Waals surface area contributed by atoms with Gasteiger partial charge in [-0.25, -0.2) is 5.06 Å². The molecular weight excluding hydrogens is 258 g/mol. The molecule has 2 aromatic rings. The molecule has 0 aliphatic heterocycles. The molecular formula is C16H14ClNO. The zero-order valence-corrected chi connectivity index (χ0v) is 11.1. The van der Waals surface area contributed by atoms with E-state index >= 15 is 0 Å². The molecule has 0 radical (unpaired) electrons. The van der Waals surface area contributed by atoms with Crippen LogP contribution < -0.4 is 5.06 Å². The molecule has 0 fully saturated rings. The van der Waals surface area contributed by atoms with Crippen molar-refractivity contribution in [1.82, 2.24) is 0 Å². The van der Waals surface area contributed by atoms with Crippen molar-refractivity contribution in [2.24, 2.45) is 0 Å². The minimum Gasteiger partial charge on any atom is -0.288 e. The molecule has 0 aliphatic carbocycles. The van der Waals surface area contributed by atoms with E-state index < -0.39 is 0 Å². The summed E-state index contributed by atoms with van der Waals surface area (Å²) in [5.74, 6) is 2.60. The van der Waals surface area contributed by atoms with E-state index in [-0.39, 0.29) is 6.04 Å². The van der Waals surface area contributed by atoms with Gasteiger partial charge in [-0.2, -0.15) is 0 Å². The third-order valence-electron chi connectivity index (χ3n) is 2.88. The summed E-state index contributed by atoms with van der Waals surface area (Å²) in [6.07, 6.45) is 5.81. The van der Waals surface area contributed by atoms with Crippen molar-refractivity contribution >= 4 is 17.3 Å². The summed E-state index contributed by atoms with van der Waals surface area (Å²) in [6.45, 7) is 0. The van der Waals surface area contributed by atoms with Crippen molar-refractivity contribution in [2.45, 2.75) is 12.5 Å². The lowest BCUT2D eigenvalue weighted by Gasteiger charge is -2.26. The van der Waals surface area contributed by atoms with Crippen molar-refractivity contribution in [1.29, 1.82) is 0 Å². The van der Waals surface area contributed by atoms with Crippen LogP contribution in [0.15, 0.2) is 54.6 Å². The van der Waals surface area contributed by atoms with E-state index in [0.717, 1.165) is 5.56 Å². The molecule has 3 heteroatoms. The highest BCUT2D eigenvalue weighted by Crippen LogP contribution is 2.28. The van der Waals surface area contributed by atoms with Gasteiger partial charge in [0.15, 0.2) is 0 Å². The average Bonchev–Trinajstić information content (AvgIpc) is 2.46. The number of benzene rings is 2. The topological polar surface area (TPSA) is 23.5 Å². The predicted octanol–water partition coefficient (Wildman–Crippen LogP) is 4.30. The fourth-order valence-corrected chi connectivity index (χ4v) is 2.03. The fourth-order valence-electron chi connectivity index (χ4n) is 1.90. The van der Waals surface area contributed by atoms with Crippen LogP contribution in [0.2, 0.25) is 5.02 Å². The molecule has 2 rings (SSSR count). The van der Waals surface area contributed by atoms with Crippen molar-refractivity contribution in [3.63, 3.8) is 0 Å². The number of rotatable bonds is 4. The lowest BCUT2D eigenvalue weighted by Crippen LogP contribution is -2.24. The van der Waals surface area contributed by atoms with Gasteiger partial charge in [-0.15, -0.1) is 12.3 Å². The first-order valence-corrected chi connectivity index (χ1v) is 6.32. The zero-order valence-electron chi connectivity index (χ0n) is 10.3. The highest BCUT2D eigenvalue weighted by molar-refractivity contribution is 6.30. The Kier molecular flexibility index (Phi) is 4.46. The Morgan fingerprint density at radius 3 is 2.32 bits per heavy atom. The van der Waals surface area contributed by atoms with Crippen LogP contribution in [-0.4, -0.2) is 5.21 Å². The molecule has 1 atom stereocenters. The molecule has 0 saturated carbocycles. The number of anilines is 1. The second-order valence-corrected chi connectivity index (χ2v) is 4.59. The number of halogens is 1. The Hall–Kier alpha value is -1.95. The molecule has 96 valence electrons. The summed E-state index contributed by atoms with van der Waals surface area (Å²) in [6, 6.07) is 16.3. The SMILES string of the molecule is C#CCC(c1ccc(Cl)cc1)N(O)c1ccccc1. The van der Waals surface area contributed by atoms with Crippen LogP contribution in [0.3, 0.4) is 0 Å². The number of terminal acetylenes is 1. The maximum Gasteiger partial charge on any atom is 0.0921 e. The van der Waals surface area contributed by atoms with E-state index in [1.54, 1.807) is 12.1 Å². The third-order valence-corrected chi connectivity index (χ3v) is 3.13. The third kappa shape index (κ3) is 3.29. The Morgan fingerprint density at radius 1 is 1.11 bits per heavy atom. The predicted molar refractivity (Wildman–Crippen MR) is 78.4 cm³/mol. The van der Waals surface area contributed by atoms with Crippen molar-refractivity contribution in [3.8, 4) is 12.3 Å².